The topological polar surface area (TPSA) is 46.5 Å². The molecule has 3 heteroatoms. The Kier molecular flexibility index (Phi) is 2.74. The Morgan fingerprint density at radius 3 is 2.92 bits per heavy atom. The summed E-state index contributed by atoms with van der Waals surface area (Å²) < 4.78 is 4.33. The second-order valence-corrected chi connectivity index (χ2v) is 3.21. The molecule has 0 radical (unpaired) electrons. The summed E-state index contributed by atoms with van der Waals surface area (Å²) in [5, 5.41) is 9.74. The fourth-order valence-corrected chi connectivity index (χ4v) is 1.25. The smallest absolute Gasteiger partial charge is 0.384 e. The molecular formula is C10H12O3. The first-order valence-electron chi connectivity index (χ1n) is 4.08. The number of carbonyl (C=O) groups is 1. The minimum Gasteiger partial charge on any atom is -0.459 e. The van der Waals surface area contributed by atoms with Crippen LogP contribution in [0.15, 0.2) is 12.2 Å². The molecule has 1 aliphatic carbocycles. The molecule has 0 bridgehead atoms. The van der Waals surface area contributed by atoms with E-state index >= 15 is 0 Å². The molecule has 0 amide bonds. The third kappa shape index (κ3) is 2.60. The van der Waals surface area contributed by atoms with E-state index in [0.717, 1.165) is 0 Å². The van der Waals surface area contributed by atoms with E-state index in [9.17, 15) is 9.90 Å². The zero-order valence-electron chi connectivity index (χ0n) is 7.70. The Hall–Kier alpha value is -1.27. The molecular weight excluding hydrogens is 168 g/mol. The van der Waals surface area contributed by atoms with Gasteiger partial charge in [-0.1, -0.05) is 18.9 Å². The van der Waals surface area contributed by atoms with Crippen LogP contribution in [0.3, 0.4) is 0 Å². The van der Waals surface area contributed by atoms with Gasteiger partial charge in [0, 0.05) is 5.92 Å². The van der Waals surface area contributed by atoms with Gasteiger partial charge in [-0.2, -0.15) is 0 Å². The predicted octanol–water partition coefficient (Wildman–Crippen LogP) is 0.490. The van der Waals surface area contributed by atoms with Gasteiger partial charge in [0.2, 0.25) is 0 Å². The van der Waals surface area contributed by atoms with Crippen LogP contribution in [0.25, 0.3) is 0 Å². The minimum atomic E-state index is -1.15. The lowest BCUT2D eigenvalue weighted by Crippen LogP contribution is -2.21. The minimum absolute atomic E-state index is 0.303. The summed E-state index contributed by atoms with van der Waals surface area (Å²) in [4.78, 5) is 10.7. The van der Waals surface area contributed by atoms with E-state index in [1.165, 1.54) is 7.11 Å². The summed E-state index contributed by atoms with van der Waals surface area (Å²) >= 11 is 0. The fraction of sp³-hybridized carbons (Fsp3) is 0.500. The number of methoxy groups -OCH3 is 1. The summed E-state index contributed by atoms with van der Waals surface area (Å²) in [6.07, 6.45) is 4.04. The maximum atomic E-state index is 10.7. The van der Waals surface area contributed by atoms with Crippen molar-refractivity contribution < 1.29 is 14.6 Å². The summed E-state index contributed by atoms with van der Waals surface area (Å²) in [6.45, 7) is 1.98. The van der Waals surface area contributed by atoms with Gasteiger partial charge in [-0.3, -0.25) is 0 Å². The van der Waals surface area contributed by atoms with Crippen LogP contribution in [-0.2, 0) is 9.53 Å². The zero-order chi connectivity index (χ0) is 9.90. The van der Waals surface area contributed by atoms with E-state index in [0.29, 0.717) is 12.3 Å². The Morgan fingerprint density at radius 2 is 2.46 bits per heavy atom. The molecule has 0 aliphatic heterocycles. The van der Waals surface area contributed by atoms with Crippen LogP contribution in [0.1, 0.15) is 13.3 Å². The maximum absolute atomic E-state index is 10.7. The van der Waals surface area contributed by atoms with Crippen LogP contribution in [0.5, 0.6) is 0 Å². The fourth-order valence-electron chi connectivity index (χ4n) is 1.25. The van der Waals surface area contributed by atoms with Gasteiger partial charge in [0.25, 0.3) is 0 Å². The van der Waals surface area contributed by atoms with Crippen molar-refractivity contribution in [3.05, 3.63) is 12.2 Å². The van der Waals surface area contributed by atoms with E-state index in [2.05, 4.69) is 16.6 Å². The quantitative estimate of drug-likeness (QED) is 0.255. The average molecular weight is 180 g/mol. The second kappa shape index (κ2) is 3.63. The van der Waals surface area contributed by atoms with Gasteiger partial charge in [-0.05, 0) is 18.4 Å². The normalized spacial score (nSPS) is 30.8. The molecule has 0 spiro atoms. The molecule has 0 saturated heterocycles. The van der Waals surface area contributed by atoms with E-state index in [1.54, 1.807) is 6.08 Å². The monoisotopic (exact) mass is 180 g/mol. The third-order valence-electron chi connectivity index (χ3n) is 1.90. The first-order valence-corrected chi connectivity index (χ1v) is 4.08. The molecule has 70 valence electrons. The van der Waals surface area contributed by atoms with Crippen molar-refractivity contribution in [3.8, 4) is 11.8 Å². The molecule has 0 saturated carbocycles. The number of rotatable bonds is 0. The lowest BCUT2D eigenvalue weighted by Gasteiger charge is -2.12. The highest BCUT2D eigenvalue weighted by molar-refractivity contribution is 5.88. The number of ether oxygens (including phenoxy) is 1. The SMILES string of the molecule is COC(=O)C#CC1(O)C=CC(C)C1. The van der Waals surface area contributed by atoms with Crippen molar-refractivity contribution in [1.82, 2.24) is 0 Å². The largest absolute Gasteiger partial charge is 0.459 e. The molecule has 0 aromatic heterocycles. The second-order valence-electron chi connectivity index (χ2n) is 3.21. The lowest BCUT2D eigenvalue weighted by atomic mass is 10.0. The van der Waals surface area contributed by atoms with Gasteiger partial charge in [-0.15, -0.1) is 0 Å². The highest BCUT2D eigenvalue weighted by Crippen LogP contribution is 2.26. The van der Waals surface area contributed by atoms with Gasteiger partial charge >= 0.3 is 5.97 Å². The maximum Gasteiger partial charge on any atom is 0.384 e. The molecule has 1 rings (SSSR count). The van der Waals surface area contributed by atoms with E-state index in [-0.39, 0.29) is 0 Å². The van der Waals surface area contributed by atoms with Crippen LogP contribution in [0, 0.1) is 17.8 Å². The first kappa shape index (κ1) is 9.82. The highest BCUT2D eigenvalue weighted by Gasteiger charge is 2.28. The number of hydrogen-bond donors (Lipinski definition) is 1. The molecule has 0 heterocycles. The highest BCUT2D eigenvalue weighted by atomic mass is 16.5. The van der Waals surface area contributed by atoms with Crippen molar-refractivity contribution in [2.45, 2.75) is 18.9 Å². The zero-order valence-corrected chi connectivity index (χ0v) is 7.70. The van der Waals surface area contributed by atoms with Gasteiger partial charge in [0.1, 0.15) is 5.60 Å². The molecule has 0 aromatic carbocycles. The number of allylic oxidation sites excluding steroid dienone is 1. The Labute approximate surface area is 77.4 Å². The number of carbonyl (C=O) groups excluding carboxylic acids is 1. The van der Waals surface area contributed by atoms with Gasteiger partial charge < -0.3 is 9.84 Å². The van der Waals surface area contributed by atoms with Crippen LogP contribution in [0.4, 0.5) is 0 Å². The standard InChI is InChI=1S/C10H12O3/c1-8-3-5-10(12,7-8)6-4-9(11)13-2/h3,5,8,12H,7H2,1-2H3. The Morgan fingerprint density at radius 1 is 1.77 bits per heavy atom. The van der Waals surface area contributed by atoms with E-state index < -0.39 is 11.6 Å². The molecule has 13 heavy (non-hydrogen) atoms. The van der Waals surface area contributed by atoms with Crippen molar-refractivity contribution in [2.24, 2.45) is 5.92 Å². The molecule has 2 unspecified atom stereocenters. The molecule has 2 atom stereocenters. The van der Waals surface area contributed by atoms with Crippen LogP contribution >= 0.6 is 0 Å². The summed E-state index contributed by atoms with van der Waals surface area (Å²) in [5.74, 6) is 4.39. The first-order chi connectivity index (χ1) is 6.06. The Balaban J connectivity index is 2.67. The summed E-state index contributed by atoms with van der Waals surface area (Å²) in [5.41, 5.74) is -1.15. The Bertz CT molecular complexity index is 295. The van der Waals surface area contributed by atoms with Crippen molar-refractivity contribution in [1.29, 1.82) is 0 Å². The van der Waals surface area contributed by atoms with Gasteiger partial charge in [0.05, 0.1) is 7.11 Å². The van der Waals surface area contributed by atoms with Crippen LogP contribution < -0.4 is 0 Å². The summed E-state index contributed by atoms with van der Waals surface area (Å²) in [6, 6.07) is 0. The lowest BCUT2D eigenvalue weighted by molar-refractivity contribution is -0.133. The molecule has 1 aliphatic rings. The van der Waals surface area contributed by atoms with Crippen LogP contribution in [-0.4, -0.2) is 23.8 Å². The van der Waals surface area contributed by atoms with Gasteiger partial charge in [0.15, 0.2) is 0 Å². The number of hydrogen-bond acceptors (Lipinski definition) is 3. The van der Waals surface area contributed by atoms with E-state index in [4.69, 9.17) is 0 Å². The molecule has 0 fully saturated rings. The van der Waals surface area contributed by atoms with Crippen molar-refractivity contribution >= 4 is 5.97 Å². The molecule has 3 nitrogen and oxygen atoms in total. The van der Waals surface area contributed by atoms with Crippen molar-refractivity contribution in [2.75, 3.05) is 7.11 Å². The number of esters is 1. The summed E-state index contributed by atoms with van der Waals surface area (Å²) in [7, 11) is 1.26. The van der Waals surface area contributed by atoms with E-state index in [1.807, 2.05) is 13.0 Å². The molecule has 1 N–H and O–H groups in total. The third-order valence-corrected chi connectivity index (χ3v) is 1.90. The van der Waals surface area contributed by atoms with Gasteiger partial charge in [-0.25, -0.2) is 4.79 Å². The van der Waals surface area contributed by atoms with Crippen LogP contribution in [0.2, 0.25) is 0 Å². The van der Waals surface area contributed by atoms with Crippen molar-refractivity contribution in [3.63, 3.8) is 0 Å². The number of aliphatic hydroxyl groups is 1. The molecule has 0 aromatic rings. The predicted molar refractivity (Wildman–Crippen MR) is 47.7 cm³/mol. The average Bonchev–Trinajstić information content (AvgIpc) is 2.43.